The van der Waals surface area contributed by atoms with Gasteiger partial charge in [0.25, 0.3) is 0 Å². The molecule has 0 radical (unpaired) electrons. The smallest absolute Gasteiger partial charge is 0.227 e. The number of H-pyrrole nitrogens is 1. The van der Waals surface area contributed by atoms with Crippen LogP contribution in [0.5, 0.6) is 0 Å². The molecule has 126 valence electrons. The second-order valence-corrected chi connectivity index (χ2v) is 6.59. The van der Waals surface area contributed by atoms with E-state index >= 15 is 0 Å². The number of rotatable bonds is 6. The van der Waals surface area contributed by atoms with Crippen LogP contribution in [-0.2, 0) is 6.42 Å². The highest BCUT2D eigenvalue weighted by Gasteiger charge is 2.18. The molecule has 2 aromatic heterocycles. The van der Waals surface area contributed by atoms with Crippen LogP contribution in [0.25, 0.3) is 0 Å². The van der Waals surface area contributed by atoms with Gasteiger partial charge in [-0.15, -0.1) is 0 Å². The number of piperidine rings is 1. The van der Waals surface area contributed by atoms with Crippen LogP contribution in [0.2, 0.25) is 0 Å². The topological polar surface area (TPSA) is 69.7 Å². The summed E-state index contributed by atoms with van der Waals surface area (Å²) in [4.78, 5) is 11.7. The lowest BCUT2D eigenvalue weighted by atomic mass is 10.1. The normalized spacial score (nSPS) is 17.3. The van der Waals surface area contributed by atoms with E-state index in [1.165, 1.54) is 19.3 Å². The molecule has 0 bridgehead atoms. The summed E-state index contributed by atoms with van der Waals surface area (Å²) in [5, 5.41) is 10.8. The predicted molar refractivity (Wildman–Crippen MR) is 95.8 cm³/mol. The van der Waals surface area contributed by atoms with E-state index in [1.807, 2.05) is 6.20 Å². The first-order valence-electron chi connectivity index (χ1n) is 8.95. The summed E-state index contributed by atoms with van der Waals surface area (Å²) in [7, 11) is 0. The molecule has 6 nitrogen and oxygen atoms in total. The van der Waals surface area contributed by atoms with Crippen molar-refractivity contribution < 1.29 is 0 Å². The zero-order valence-corrected chi connectivity index (χ0v) is 14.1. The average molecular weight is 324 g/mol. The van der Waals surface area contributed by atoms with Gasteiger partial charge in [-0.3, -0.25) is 5.10 Å². The maximum absolute atomic E-state index is 4.81. The number of aryl methyl sites for hydroxylation is 1. The van der Waals surface area contributed by atoms with Gasteiger partial charge in [0.1, 0.15) is 5.82 Å². The molecule has 0 unspecified atom stereocenters. The molecule has 3 heterocycles. The third-order valence-electron chi connectivity index (χ3n) is 4.60. The monoisotopic (exact) mass is 324 g/mol. The molecule has 2 N–H and O–H groups in total. The Bertz CT molecular complexity index is 723. The van der Waals surface area contributed by atoms with E-state index in [-0.39, 0.29) is 0 Å². The highest BCUT2D eigenvalue weighted by molar-refractivity contribution is 5.58. The van der Waals surface area contributed by atoms with Crippen LogP contribution >= 0.6 is 0 Å². The summed E-state index contributed by atoms with van der Waals surface area (Å²) in [6.07, 6.45) is 12.1. The first-order valence-corrected chi connectivity index (χ1v) is 8.95. The molecule has 2 aliphatic rings. The van der Waals surface area contributed by atoms with Crippen molar-refractivity contribution in [3.63, 3.8) is 0 Å². The van der Waals surface area contributed by atoms with Crippen LogP contribution in [0.3, 0.4) is 0 Å². The number of allylic oxidation sites excluding steroid dienone is 2. The van der Waals surface area contributed by atoms with Gasteiger partial charge in [0.2, 0.25) is 5.95 Å². The molecule has 1 saturated heterocycles. The van der Waals surface area contributed by atoms with Crippen molar-refractivity contribution in [3.05, 3.63) is 35.7 Å². The van der Waals surface area contributed by atoms with Crippen molar-refractivity contribution in [2.45, 2.75) is 44.9 Å². The van der Waals surface area contributed by atoms with Crippen molar-refractivity contribution in [1.82, 2.24) is 20.2 Å². The van der Waals surface area contributed by atoms with E-state index in [1.54, 1.807) is 0 Å². The van der Waals surface area contributed by atoms with Gasteiger partial charge in [-0.1, -0.05) is 25.5 Å². The van der Waals surface area contributed by atoms with Gasteiger partial charge in [0.05, 0.1) is 0 Å². The lowest BCUT2D eigenvalue weighted by molar-refractivity contribution is 0.568. The summed E-state index contributed by atoms with van der Waals surface area (Å²) >= 11 is 0. The second-order valence-electron chi connectivity index (χ2n) is 6.59. The van der Waals surface area contributed by atoms with E-state index in [4.69, 9.17) is 4.98 Å². The molecule has 0 atom stereocenters. The summed E-state index contributed by atoms with van der Waals surface area (Å²) in [5.41, 5.74) is 2.27. The van der Waals surface area contributed by atoms with Crippen molar-refractivity contribution in [2.24, 2.45) is 0 Å². The summed E-state index contributed by atoms with van der Waals surface area (Å²) in [6.45, 7) is 4.27. The van der Waals surface area contributed by atoms with Crippen molar-refractivity contribution in [1.29, 1.82) is 0 Å². The molecular formula is C18H24N6. The van der Waals surface area contributed by atoms with Crippen molar-refractivity contribution in [2.75, 3.05) is 23.3 Å². The standard InChI is InChI=1S/C18H24N6/c1-2-6-14-12-19-18(24-9-4-3-5-10-24)21-17(14)20-16-11-15(22-23-16)13-7-8-13/h7-8,11-13H,2-6,9-10H2,1H3,(H2,19,20,21,22,23). The molecule has 0 amide bonds. The van der Waals surface area contributed by atoms with Gasteiger partial charge in [-0.05, 0) is 25.7 Å². The molecule has 0 aromatic carbocycles. The summed E-state index contributed by atoms with van der Waals surface area (Å²) in [6, 6.07) is 2.06. The molecule has 0 spiro atoms. The van der Waals surface area contributed by atoms with Crippen LogP contribution in [0.15, 0.2) is 24.4 Å². The van der Waals surface area contributed by atoms with Crippen LogP contribution < -0.4 is 10.2 Å². The Morgan fingerprint density at radius 3 is 2.83 bits per heavy atom. The van der Waals surface area contributed by atoms with Crippen LogP contribution in [0.4, 0.5) is 17.6 Å². The Labute approximate surface area is 142 Å². The van der Waals surface area contributed by atoms with Crippen LogP contribution in [-0.4, -0.2) is 33.3 Å². The zero-order chi connectivity index (χ0) is 16.4. The molecule has 1 aliphatic heterocycles. The number of hydrogen-bond donors (Lipinski definition) is 2. The molecular weight excluding hydrogens is 300 g/mol. The van der Waals surface area contributed by atoms with Crippen molar-refractivity contribution in [3.8, 4) is 0 Å². The van der Waals surface area contributed by atoms with E-state index in [0.29, 0.717) is 5.92 Å². The molecule has 1 fully saturated rings. The van der Waals surface area contributed by atoms with Gasteiger partial charge < -0.3 is 10.2 Å². The molecule has 24 heavy (non-hydrogen) atoms. The van der Waals surface area contributed by atoms with Gasteiger partial charge in [-0.25, -0.2) is 4.98 Å². The van der Waals surface area contributed by atoms with Crippen LogP contribution in [0, 0.1) is 0 Å². The lowest BCUT2D eigenvalue weighted by Gasteiger charge is -2.27. The first-order chi connectivity index (χ1) is 11.8. The molecule has 6 heteroatoms. The SMILES string of the molecule is CCCc1cnc(N2CCCCC2)nc1Nc1cc(C2C=C2)[nH]n1. The second kappa shape index (κ2) is 6.63. The fourth-order valence-electron chi connectivity index (χ4n) is 3.16. The maximum atomic E-state index is 4.81. The minimum absolute atomic E-state index is 0.428. The average Bonchev–Trinajstić information content (AvgIpc) is 3.37. The Balaban J connectivity index is 1.57. The fraction of sp³-hybridized carbons (Fsp3) is 0.500. The minimum Gasteiger partial charge on any atom is -0.341 e. The van der Waals surface area contributed by atoms with Crippen LogP contribution in [0.1, 0.15) is 49.8 Å². The number of nitrogens with zero attached hydrogens (tertiary/aromatic N) is 4. The number of aromatic nitrogens is 4. The Morgan fingerprint density at radius 1 is 1.25 bits per heavy atom. The number of hydrogen-bond acceptors (Lipinski definition) is 5. The van der Waals surface area contributed by atoms with E-state index in [2.05, 4.69) is 50.5 Å². The Morgan fingerprint density at radius 2 is 2.08 bits per heavy atom. The Kier molecular flexibility index (Phi) is 4.19. The molecule has 2 aromatic rings. The van der Waals surface area contributed by atoms with Crippen molar-refractivity contribution >= 4 is 17.6 Å². The maximum Gasteiger partial charge on any atom is 0.227 e. The zero-order valence-electron chi connectivity index (χ0n) is 14.1. The van der Waals surface area contributed by atoms with Gasteiger partial charge in [-0.2, -0.15) is 10.1 Å². The third kappa shape index (κ3) is 3.27. The van der Waals surface area contributed by atoms with Gasteiger partial charge >= 0.3 is 0 Å². The molecule has 0 saturated carbocycles. The Hall–Kier alpha value is -2.37. The number of aromatic amines is 1. The van der Waals surface area contributed by atoms with Gasteiger partial charge in [0.15, 0.2) is 5.82 Å². The number of nitrogens with one attached hydrogen (secondary N) is 2. The first kappa shape index (κ1) is 15.2. The fourth-order valence-corrected chi connectivity index (χ4v) is 3.16. The largest absolute Gasteiger partial charge is 0.341 e. The quantitative estimate of drug-likeness (QED) is 0.795. The highest BCUT2D eigenvalue weighted by Crippen LogP contribution is 2.30. The number of anilines is 3. The minimum atomic E-state index is 0.428. The lowest BCUT2D eigenvalue weighted by Crippen LogP contribution is -2.31. The van der Waals surface area contributed by atoms with E-state index < -0.39 is 0 Å². The predicted octanol–water partition coefficient (Wildman–Crippen LogP) is 3.54. The van der Waals surface area contributed by atoms with Gasteiger partial charge in [0, 0.05) is 42.5 Å². The highest BCUT2D eigenvalue weighted by atomic mass is 15.3. The molecule has 4 rings (SSSR count). The summed E-state index contributed by atoms with van der Waals surface area (Å²) in [5.74, 6) is 2.96. The summed E-state index contributed by atoms with van der Waals surface area (Å²) < 4.78 is 0. The molecule has 1 aliphatic carbocycles. The third-order valence-corrected chi connectivity index (χ3v) is 4.60. The van der Waals surface area contributed by atoms with E-state index in [9.17, 15) is 0 Å². The van der Waals surface area contributed by atoms with E-state index in [0.717, 1.165) is 54.8 Å².